The summed E-state index contributed by atoms with van der Waals surface area (Å²) in [5, 5.41) is 8.96. The second-order valence-corrected chi connectivity index (χ2v) is 5.33. The van der Waals surface area contributed by atoms with Gasteiger partial charge in [-0.2, -0.15) is 0 Å². The summed E-state index contributed by atoms with van der Waals surface area (Å²) < 4.78 is 4.70. The van der Waals surface area contributed by atoms with Crippen LogP contribution in [0.15, 0.2) is 30.3 Å². The van der Waals surface area contributed by atoms with Gasteiger partial charge in [-0.15, -0.1) is 0 Å². The topological polar surface area (TPSA) is 66.8 Å². The van der Waals surface area contributed by atoms with Crippen molar-refractivity contribution in [2.24, 2.45) is 5.92 Å². The average Bonchev–Trinajstić information content (AvgIpc) is 2.56. The highest BCUT2D eigenvalue weighted by Gasteiger charge is 2.21. The molecule has 0 aliphatic carbocycles. The lowest BCUT2D eigenvalue weighted by molar-refractivity contribution is -0.146. The van der Waals surface area contributed by atoms with Gasteiger partial charge in [-0.05, 0) is 18.4 Å². The molecule has 0 aromatic heterocycles. The molecule has 0 aliphatic heterocycles. The van der Waals surface area contributed by atoms with E-state index in [0.717, 1.165) is 5.56 Å². The largest absolute Gasteiger partial charge is 0.469 e. The fourth-order valence-corrected chi connectivity index (χ4v) is 2.24. The summed E-state index contributed by atoms with van der Waals surface area (Å²) in [6, 6.07) is 9.81. The number of esters is 1. The first-order valence-corrected chi connectivity index (χ1v) is 7.58. The van der Waals surface area contributed by atoms with Crippen molar-refractivity contribution in [3.63, 3.8) is 0 Å². The molecule has 5 heteroatoms. The van der Waals surface area contributed by atoms with Gasteiger partial charge >= 0.3 is 5.97 Å². The third-order valence-electron chi connectivity index (χ3n) is 3.51. The lowest BCUT2D eigenvalue weighted by atomic mass is 10.1. The number of carbonyl (C=O) groups is 2. The van der Waals surface area contributed by atoms with Crippen LogP contribution in [0.5, 0.6) is 0 Å². The van der Waals surface area contributed by atoms with Crippen molar-refractivity contribution in [3.05, 3.63) is 35.9 Å². The molecule has 0 saturated heterocycles. The molecule has 22 heavy (non-hydrogen) atoms. The van der Waals surface area contributed by atoms with Gasteiger partial charge in [0.25, 0.3) is 0 Å². The number of aliphatic hydroxyl groups is 1. The number of methoxy groups -OCH3 is 1. The van der Waals surface area contributed by atoms with Crippen LogP contribution >= 0.6 is 0 Å². The Kier molecular flexibility index (Phi) is 8.22. The van der Waals surface area contributed by atoms with Gasteiger partial charge in [0.2, 0.25) is 5.91 Å². The number of aliphatic hydroxyl groups excluding tert-OH is 1. The maximum Gasteiger partial charge on any atom is 0.310 e. The van der Waals surface area contributed by atoms with Crippen LogP contribution in [0, 0.1) is 5.92 Å². The van der Waals surface area contributed by atoms with Crippen molar-refractivity contribution < 1.29 is 19.4 Å². The van der Waals surface area contributed by atoms with E-state index in [1.165, 1.54) is 7.11 Å². The normalized spacial score (nSPS) is 11.8. The van der Waals surface area contributed by atoms with Crippen LogP contribution in [0.25, 0.3) is 0 Å². The lowest BCUT2D eigenvalue weighted by Gasteiger charge is -2.25. The number of hydrogen-bond acceptors (Lipinski definition) is 4. The van der Waals surface area contributed by atoms with Gasteiger partial charge < -0.3 is 14.7 Å². The summed E-state index contributed by atoms with van der Waals surface area (Å²) in [4.78, 5) is 25.5. The highest BCUT2D eigenvalue weighted by atomic mass is 16.5. The van der Waals surface area contributed by atoms with Crippen molar-refractivity contribution in [2.45, 2.75) is 26.2 Å². The van der Waals surface area contributed by atoms with Gasteiger partial charge in [0.1, 0.15) is 0 Å². The highest BCUT2D eigenvalue weighted by Crippen LogP contribution is 2.09. The highest BCUT2D eigenvalue weighted by molar-refractivity contribution is 5.78. The lowest BCUT2D eigenvalue weighted by Crippen LogP contribution is -2.38. The molecule has 1 rings (SSSR count). The summed E-state index contributed by atoms with van der Waals surface area (Å²) >= 11 is 0. The molecule has 1 unspecified atom stereocenters. The fraction of sp³-hybridized carbons (Fsp3) is 0.529. The first-order valence-electron chi connectivity index (χ1n) is 7.58. The molecule has 1 atom stereocenters. The molecule has 1 aromatic carbocycles. The van der Waals surface area contributed by atoms with Crippen LogP contribution in [0.2, 0.25) is 0 Å². The Morgan fingerprint density at radius 3 is 2.55 bits per heavy atom. The summed E-state index contributed by atoms with van der Waals surface area (Å²) in [7, 11) is 1.34. The van der Waals surface area contributed by atoms with E-state index in [4.69, 9.17) is 9.84 Å². The molecule has 0 spiro atoms. The Bertz CT molecular complexity index is 461. The molecule has 122 valence electrons. The van der Waals surface area contributed by atoms with Crippen molar-refractivity contribution in [2.75, 3.05) is 26.8 Å². The monoisotopic (exact) mass is 307 g/mol. The summed E-state index contributed by atoms with van der Waals surface area (Å²) in [6.45, 7) is 2.53. The second kappa shape index (κ2) is 9.95. The molecule has 1 aromatic rings. The molecule has 0 aliphatic rings. The Morgan fingerprint density at radius 1 is 1.27 bits per heavy atom. The van der Waals surface area contributed by atoms with E-state index in [2.05, 4.69) is 0 Å². The Morgan fingerprint density at radius 2 is 1.95 bits per heavy atom. The van der Waals surface area contributed by atoms with Crippen LogP contribution < -0.4 is 0 Å². The minimum Gasteiger partial charge on any atom is -0.469 e. The predicted octanol–water partition coefficient (Wildman–Crippen LogP) is 1.64. The molecule has 0 saturated carbocycles. The first-order chi connectivity index (χ1) is 10.6. The van der Waals surface area contributed by atoms with Crippen LogP contribution in [0.4, 0.5) is 0 Å². The number of benzene rings is 1. The van der Waals surface area contributed by atoms with E-state index < -0.39 is 0 Å². The second-order valence-electron chi connectivity index (χ2n) is 5.33. The maximum atomic E-state index is 12.4. The van der Waals surface area contributed by atoms with Gasteiger partial charge in [-0.3, -0.25) is 9.59 Å². The number of amides is 1. The average molecular weight is 307 g/mol. The van der Waals surface area contributed by atoms with Gasteiger partial charge in [-0.1, -0.05) is 37.3 Å². The molecule has 0 heterocycles. The van der Waals surface area contributed by atoms with Crippen LogP contribution in [0.3, 0.4) is 0 Å². The third-order valence-corrected chi connectivity index (χ3v) is 3.51. The van der Waals surface area contributed by atoms with E-state index in [9.17, 15) is 9.59 Å². The molecule has 0 radical (unpaired) electrons. The summed E-state index contributed by atoms with van der Waals surface area (Å²) in [5.41, 5.74) is 1.11. The third kappa shape index (κ3) is 6.26. The van der Waals surface area contributed by atoms with Crippen molar-refractivity contribution in [3.8, 4) is 0 Å². The molecule has 0 bridgehead atoms. The first kappa shape index (κ1) is 18.2. The minimum atomic E-state index is -0.371. The minimum absolute atomic E-state index is 0.00643. The van der Waals surface area contributed by atoms with E-state index in [0.29, 0.717) is 32.4 Å². The van der Waals surface area contributed by atoms with Crippen molar-refractivity contribution in [1.82, 2.24) is 4.90 Å². The Labute approximate surface area is 131 Å². The van der Waals surface area contributed by atoms with Gasteiger partial charge in [0.05, 0.1) is 13.0 Å². The summed E-state index contributed by atoms with van der Waals surface area (Å²) in [5.74, 6) is -0.706. The molecular formula is C17H25NO4. The zero-order chi connectivity index (χ0) is 16.4. The van der Waals surface area contributed by atoms with E-state index >= 15 is 0 Å². The number of nitrogens with zero attached hydrogens (tertiary/aromatic N) is 1. The number of hydrogen-bond donors (Lipinski definition) is 1. The Balaban J connectivity index is 2.57. The standard InChI is InChI=1S/C17H25NO4/c1-14(17(21)22-2)13-18(11-6-12-19)16(20)10-9-15-7-4-3-5-8-15/h3-5,7-8,14,19H,6,9-13H2,1-2H3. The molecule has 1 N–H and O–H groups in total. The fourth-order valence-electron chi connectivity index (χ4n) is 2.24. The smallest absolute Gasteiger partial charge is 0.310 e. The number of aryl methyl sites for hydroxylation is 1. The van der Waals surface area contributed by atoms with Crippen molar-refractivity contribution >= 4 is 11.9 Å². The van der Waals surface area contributed by atoms with Gasteiger partial charge in [-0.25, -0.2) is 0 Å². The molecular weight excluding hydrogens is 282 g/mol. The number of rotatable bonds is 9. The predicted molar refractivity (Wildman–Crippen MR) is 84.2 cm³/mol. The zero-order valence-corrected chi connectivity index (χ0v) is 13.3. The van der Waals surface area contributed by atoms with Crippen LogP contribution in [-0.4, -0.2) is 48.7 Å². The number of carbonyl (C=O) groups excluding carboxylic acids is 2. The quantitative estimate of drug-likeness (QED) is 0.704. The SMILES string of the molecule is COC(=O)C(C)CN(CCCO)C(=O)CCc1ccccc1. The maximum absolute atomic E-state index is 12.4. The van der Waals surface area contributed by atoms with E-state index in [1.54, 1.807) is 11.8 Å². The molecule has 0 fully saturated rings. The summed E-state index contributed by atoms with van der Waals surface area (Å²) in [6.07, 6.45) is 1.57. The van der Waals surface area contributed by atoms with Crippen LogP contribution in [0.1, 0.15) is 25.3 Å². The van der Waals surface area contributed by atoms with E-state index in [-0.39, 0.29) is 24.4 Å². The number of ether oxygens (including phenoxy) is 1. The van der Waals surface area contributed by atoms with Crippen LogP contribution in [-0.2, 0) is 20.7 Å². The van der Waals surface area contributed by atoms with Gasteiger partial charge in [0, 0.05) is 26.1 Å². The molecule has 1 amide bonds. The zero-order valence-electron chi connectivity index (χ0n) is 13.3. The Hall–Kier alpha value is -1.88. The molecule has 5 nitrogen and oxygen atoms in total. The van der Waals surface area contributed by atoms with E-state index in [1.807, 2.05) is 30.3 Å². The van der Waals surface area contributed by atoms with Gasteiger partial charge in [0.15, 0.2) is 0 Å². The van der Waals surface area contributed by atoms with Crippen molar-refractivity contribution in [1.29, 1.82) is 0 Å².